The van der Waals surface area contributed by atoms with Gasteiger partial charge in [0, 0.05) is 15.7 Å². The van der Waals surface area contributed by atoms with Crippen molar-refractivity contribution in [1.82, 2.24) is 15.0 Å². The van der Waals surface area contributed by atoms with Crippen LogP contribution in [0.3, 0.4) is 0 Å². The van der Waals surface area contributed by atoms with E-state index in [4.69, 9.17) is 4.42 Å². The molecule has 0 fully saturated rings. The number of rotatable bonds is 4. The van der Waals surface area contributed by atoms with Gasteiger partial charge >= 0.3 is 0 Å². The molecule has 0 bridgehead atoms. The zero-order chi connectivity index (χ0) is 17.9. The van der Waals surface area contributed by atoms with Crippen molar-refractivity contribution in [3.8, 4) is 16.9 Å². The van der Waals surface area contributed by atoms with Crippen molar-refractivity contribution >= 4 is 27.5 Å². The second kappa shape index (κ2) is 6.97. The molecule has 0 radical (unpaired) electrons. The van der Waals surface area contributed by atoms with Crippen molar-refractivity contribution in [1.29, 1.82) is 0 Å². The fourth-order valence-electron chi connectivity index (χ4n) is 2.53. The Balaban J connectivity index is 1.57. The summed E-state index contributed by atoms with van der Waals surface area (Å²) in [4.78, 5) is 12.0. The van der Waals surface area contributed by atoms with Crippen molar-refractivity contribution in [2.24, 2.45) is 0 Å². The van der Waals surface area contributed by atoms with Crippen LogP contribution in [0, 0.1) is 0 Å². The van der Waals surface area contributed by atoms with E-state index in [1.807, 2.05) is 48.5 Å². The molecular formula is C19H13BrN4O2. The van der Waals surface area contributed by atoms with Crippen LogP contribution in [0.25, 0.3) is 16.9 Å². The Morgan fingerprint density at radius 3 is 2.50 bits per heavy atom. The Kier molecular flexibility index (Phi) is 4.37. The van der Waals surface area contributed by atoms with E-state index >= 15 is 0 Å². The topological polar surface area (TPSA) is 73.0 Å². The summed E-state index contributed by atoms with van der Waals surface area (Å²) in [7, 11) is 0. The van der Waals surface area contributed by atoms with E-state index in [0.717, 1.165) is 21.4 Å². The summed E-state index contributed by atoms with van der Waals surface area (Å²) in [6.45, 7) is 0. The molecule has 0 unspecified atom stereocenters. The Hall–Kier alpha value is -3.19. The van der Waals surface area contributed by atoms with Gasteiger partial charge in [0.25, 0.3) is 5.91 Å². The monoisotopic (exact) mass is 408 g/mol. The van der Waals surface area contributed by atoms with Crippen LogP contribution in [0.5, 0.6) is 0 Å². The summed E-state index contributed by atoms with van der Waals surface area (Å²) in [5, 5.41) is 11.0. The molecule has 26 heavy (non-hydrogen) atoms. The number of hydrogen-bond donors (Lipinski definition) is 1. The van der Waals surface area contributed by atoms with Gasteiger partial charge in [-0.25, -0.2) is 4.68 Å². The number of aromatic nitrogens is 3. The molecule has 1 N–H and O–H groups in total. The highest BCUT2D eigenvalue weighted by Crippen LogP contribution is 2.24. The van der Waals surface area contributed by atoms with E-state index in [-0.39, 0.29) is 11.7 Å². The first kappa shape index (κ1) is 16.3. The lowest BCUT2D eigenvalue weighted by Crippen LogP contribution is -2.10. The Morgan fingerprint density at radius 2 is 1.81 bits per heavy atom. The third-order valence-corrected chi connectivity index (χ3v) is 4.33. The van der Waals surface area contributed by atoms with Gasteiger partial charge in [0.15, 0.2) is 5.76 Å². The van der Waals surface area contributed by atoms with Crippen LogP contribution in [0.1, 0.15) is 10.6 Å². The van der Waals surface area contributed by atoms with Gasteiger partial charge in [-0.2, -0.15) is 0 Å². The molecule has 0 aliphatic heterocycles. The molecule has 0 aliphatic carbocycles. The Bertz CT molecular complexity index is 1020. The predicted molar refractivity (Wildman–Crippen MR) is 101 cm³/mol. The maximum Gasteiger partial charge on any atom is 0.291 e. The molecule has 0 spiro atoms. The van der Waals surface area contributed by atoms with Crippen molar-refractivity contribution < 1.29 is 9.21 Å². The lowest BCUT2D eigenvalue weighted by atomic mass is 10.1. The number of benzene rings is 2. The van der Waals surface area contributed by atoms with Crippen molar-refractivity contribution in [3.05, 3.63) is 83.4 Å². The van der Waals surface area contributed by atoms with Crippen molar-refractivity contribution in [2.45, 2.75) is 0 Å². The Morgan fingerprint density at radius 1 is 1.04 bits per heavy atom. The number of amides is 1. The number of anilines is 1. The molecular weight excluding hydrogens is 396 g/mol. The van der Waals surface area contributed by atoms with Crippen LogP contribution in [0.4, 0.5) is 5.69 Å². The number of nitrogens with one attached hydrogen (secondary N) is 1. The van der Waals surface area contributed by atoms with Gasteiger partial charge in [0.1, 0.15) is 0 Å². The molecule has 0 saturated heterocycles. The van der Waals surface area contributed by atoms with E-state index in [9.17, 15) is 4.79 Å². The molecule has 0 atom stereocenters. The second-order valence-electron chi connectivity index (χ2n) is 5.52. The minimum Gasteiger partial charge on any atom is -0.459 e. The normalized spacial score (nSPS) is 10.7. The average molecular weight is 409 g/mol. The van der Waals surface area contributed by atoms with Crippen molar-refractivity contribution in [3.63, 3.8) is 0 Å². The molecule has 4 aromatic rings. The molecule has 0 saturated carbocycles. The fraction of sp³-hybridized carbons (Fsp3) is 0. The van der Waals surface area contributed by atoms with E-state index in [0.29, 0.717) is 5.69 Å². The molecule has 1 amide bonds. The molecule has 6 nitrogen and oxygen atoms in total. The first-order valence-corrected chi connectivity index (χ1v) is 8.62. The molecule has 2 heterocycles. The molecule has 2 aromatic heterocycles. The highest BCUT2D eigenvalue weighted by Gasteiger charge is 2.11. The number of nitrogens with zero attached hydrogens (tertiary/aromatic N) is 3. The smallest absolute Gasteiger partial charge is 0.291 e. The SMILES string of the molecule is O=C(Nc1ccc(-n2nncc2-c2ccc(Br)cc2)cc1)c1ccco1. The molecule has 4 rings (SSSR count). The van der Waals surface area contributed by atoms with Gasteiger partial charge in [-0.15, -0.1) is 5.10 Å². The average Bonchev–Trinajstić information content (AvgIpc) is 3.35. The van der Waals surface area contributed by atoms with Crippen LogP contribution < -0.4 is 5.32 Å². The van der Waals surface area contributed by atoms with Gasteiger partial charge in [-0.05, 0) is 48.5 Å². The van der Waals surface area contributed by atoms with E-state index in [1.165, 1.54) is 6.26 Å². The lowest BCUT2D eigenvalue weighted by molar-refractivity contribution is 0.0996. The van der Waals surface area contributed by atoms with Crippen LogP contribution >= 0.6 is 15.9 Å². The molecule has 128 valence electrons. The first-order chi connectivity index (χ1) is 12.7. The standard InChI is InChI=1S/C19H13BrN4O2/c20-14-5-3-13(4-6-14)17-12-21-23-24(17)16-9-7-15(8-10-16)22-19(25)18-2-1-11-26-18/h1-12H,(H,22,25). The zero-order valence-electron chi connectivity index (χ0n) is 13.5. The van der Waals surface area contributed by atoms with Crippen LogP contribution in [0.15, 0.2) is 82.0 Å². The van der Waals surface area contributed by atoms with E-state index in [2.05, 4.69) is 31.6 Å². The predicted octanol–water partition coefficient (Wildman–Crippen LogP) is 4.54. The summed E-state index contributed by atoms with van der Waals surface area (Å²) >= 11 is 3.43. The number of carbonyl (C=O) groups excluding carboxylic acids is 1. The van der Waals surface area contributed by atoms with E-state index in [1.54, 1.807) is 23.0 Å². The van der Waals surface area contributed by atoms with Gasteiger partial charge in [0.05, 0.1) is 23.8 Å². The van der Waals surface area contributed by atoms with Gasteiger partial charge in [0.2, 0.25) is 0 Å². The van der Waals surface area contributed by atoms with Crippen LogP contribution in [-0.4, -0.2) is 20.9 Å². The third kappa shape index (κ3) is 3.29. The number of carbonyl (C=O) groups is 1. The minimum atomic E-state index is -0.293. The molecule has 7 heteroatoms. The highest BCUT2D eigenvalue weighted by molar-refractivity contribution is 9.10. The summed E-state index contributed by atoms with van der Waals surface area (Å²) in [6.07, 6.45) is 3.18. The molecule has 2 aromatic carbocycles. The van der Waals surface area contributed by atoms with Gasteiger partial charge < -0.3 is 9.73 Å². The van der Waals surface area contributed by atoms with Crippen LogP contribution in [0.2, 0.25) is 0 Å². The quantitative estimate of drug-likeness (QED) is 0.537. The summed E-state index contributed by atoms with van der Waals surface area (Å²) in [5.41, 5.74) is 3.40. The zero-order valence-corrected chi connectivity index (χ0v) is 15.1. The summed E-state index contributed by atoms with van der Waals surface area (Å²) < 4.78 is 7.85. The highest BCUT2D eigenvalue weighted by atomic mass is 79.9. The maximum absolute atomic E-state index is 12.0. The van der Waals surface area contributed by atoms with E-state index < -0.39 is 0 Å². The third-order valence-electron chi connectivity index (χ3n) is 3.80. The lowest BCUT2D eigenvalue weighted by Gasteiger charge is -2.08. The second-order valence-corrected chi connectivity index (χ2v) is 6.43. The van der Waals surface area contributed by atoms with Gasteiger partial charge in [-0.3, -0.25) is 4.79 Å². The van der Waals surface area contributed by atoms with Crippen LogP contribution in [-0.2, 0) is 0 Å². The largest absolute Gasteiger partial charge is 0.459 e. The number of furan rings is 1. The number of hydrogen-bond acceptors (Lipinski definition) is 4. The summed E-state index contributed by atoms with van der Waals surface area (Å²) in [5.74, 6) is -0.0260. The number of halogens is 1. The van der Waals surface area contributed by atoms with Gasteiger partial charge in [-0.1, -0.05) is 33.3 Å². The fourth-order valence-corrected chi connectivity index (χ4v) is 2.79. The minimum absolute atomic E-state index is 0.267. The first-order valence-electron chi connectivity index (χ1n) is 7.83. The maximum atomic E-state index is 12.0. The Labute approximate surface area is 157 Å². The summed E-state index contributed by atoms with van der Waals surface area (Å²) in [6, 6.07) is 18.6. The molecule has 0 aliphatic rings. The van der Waals surface area contributed by atoms with Crippen molar-refractivity contribution in [2.75, 3.05) is 5.32 Å².